The van der Waals surface area contributed by atoms with Crippen molar-refractivity contribution in [3.63, 3.8) is 0 Å². The number of hydrogen-bond acceptors (Lipinski definition) is 7. The maximum Gasteiger partial charge on any atom is 0.341 e. The molecule has 4 rings (SSSR count). The predicted octanol–water partition coefficient (Wildman–Crippen LogP) is 5.66. The summed E-state index contributed by atoms with van der Waals surface area (Å²) in [6.07, 6.45) is 1.85. The van der Waals surface area contributed by atoms with E-state index < -0.39 is 5.97 Å². The second-order valence-corrected chi connectivity index (χ2v) is 10.5. The second kappa shape index (κ2) is 9.99. The number of carbonyl (C=O) groups is 2. The van der Waals surface area contributed by atoms with Crippen LogP contribution < -0.4 is 5.32 Å². The van der Waals surface area contributed by atoms with Gasteiger partial charge in [0, 0.05) is 17.1 Å². The van der Waals surface area contributed by atoms with E-state index >= 15 is 0 Å². The van der Waals surface area contributed by atoms with Gasteiger partial charge in [0.2, 0.25) is 5.91 Å². The molecule has 1 aromatic carbocycles. The largest absolute Gasteiger partial charge is 0.462 e. The fourth-order valence-electron chi connectivity index (χ4n) is 3.43. The lowest BCUT2D eigenvalue weighted by Crippen LogP contribution is -2.16. The lowest BCUT2D eigenvalue weighted by atomic mass is 9.86. The highest BCUT2D eigenvalue weighted by Gasteiger charge is 2.23. The Labute approximate surface area is 206 Å². The van der Waals surface area contributed by atoms with Crippen LogP contribution in [0.3, 0.4) is 0 Å². The fraction of sp³-hybridized carbons (Fsp3) is 0.280. The molecule has 176 valence electrons. The third-order valence-electron chi connectivity index (χ3n) is 5.20. The molecule has 0 fully saturated rings. The smallest absolute Gasteiger partial charge is 0.341 e. The summed E-state index contributed by atoms with van der Waals surface area (Å²) in [4.78, 5) is 25.6. The van der Waals surface area contributed by atoms with E-state index in [0.29, 0.717) is 15.7 Å². The monoisotopic (exact) mass is 494 g/mol. The Kier molecular flexibility index (Phi) is 7.04. The Balaban J connectivity index is 1.54. The number of benzene rings is 1. The Morgan fingerprint density at radius 1 is 1.12 bits per heavy atom. The van der Waals surface area contributed by atoms with E-state index in [9.17, 15) is 9.59 Å². The summed E-state index contributed by atoms with van der Waals surface area (Å²) in [7, 11) is 0. The van der Waals surface area contributed by atoms with Gasteiger partial charge in [-0.3, -0.25) is 9.20 Å². The molecule has 0 unspecified atom stereocenters. The number of rotatable bonds is 7. The van der Waals surface area contributed by atoms with E-state index in [1.807, 2.05) is 46.3 Å². The lowest BCUT2D eigenvalue weighted by Gasteiger charge is -2.19. The van der Waals surface area contributed by atoms with Crippen LogP contribution in [0.2, 0.25) is 0 Å². The molecule has 1 N–H and O–H groups in total. The molecule has 1 amide bonds. The molecule has 0 spiro atoms. The van der Waals surface area contributed by atoms with E-state index in [2.05, 4.69) is 48.4 Å². The maximum absolute atomic E-state index is 12.8. The van der Waals surface area contributed by atoms with Crippen LogP contribution in [0.15, 0.2) is 59.2 Å². The van der Waals surface area contributed by atoms with Crippen molar-refractivity contribution in [1.82, 2.24) is 14.6 Å². The molecule has 0 bridgehead atoms. The first-order valence-electron chi connectivity index (χ1n) is 10.9. The molecule has 0 saturated heterocycles. The Morgan fingerprint density at radius 3 is 2.59 bits per heavy atom. The SMILES string of the molecule is CCOC(=O)c1c(-c2ccc(C(C)(C)C)cc2)csc1NC(=O)CSc1nnc2ccccn12. The average Bonchev–Trinajstić information content (AvgIpc) is 3.41. The summed E-state index contributed by atoms with van der Waals surface area (Å²) in [6.45, 7) is 8.49. The molecule has 34 heavy (non-hydrogen) atoms. The number of nitrogens with zero attached hydrogens (tertiary/aromatic N) is 3. The molecule has 0 aliphatic rings. The summed E-state index contributed by atoms with van der Waals surface area (Å²) in [6, 6.07) is 13.8. The molecule has 9 heteroatoms. The van der Waals surface area contributed by atoms with Crippen molar-refractivity contribution in [2.24, 2.45) is 0 Å². The standard InChI is InChI=1S/C25H26N4O3S2/c1-5-32-23(31)21-18(16-9-11-17(12-10-16)25(2,3)4)14-33-22(21)26-20(30)15-34-24-28-27-19-8-6-7-13-29(19)24/h6-14H,5,15H2,1-4H3,(H,26,30). The van der Waals surface area contributed by atoms with Crippen molar-refractivity contribution in [2.45, 2.75) is 38.3 Å². The normalized spacial score (nSPS) is 11.5. The third kappa shape index (κ3) is 5.15. The van der Waals surface area contributed by atoms with Crippen molar-refractivity contribution < 1.29 is 14.3 Å². The average molecular weight is 495 g/mol. The number of fused-ring (bicyclic) bond motifs is 1. The molecule has 3 heterocycles. The molecular weight excluding hydrogens is 468 g/mol. The van der Waals surface area contributed by atoms with Gasteiger partial charge < -0.3 is 10.1 Å². The highest BCUT2D eigenvalue weighted by molar-refractivity contribution is 7.99. The first kappa shape index (κ1) is 24.0. The Bertz CT molecular complexity index is 1320. The number of aromatic nitrogens is 3. The first-order chi connectivity index (χ1) is 16.3. The lowest BCUT2D eigenvalue weighted by molar-refractivity contribution is -0.113. The number of esters is 1. The topological polar surface area (TPSA) is 85.6 Å². The van der Waals surface area contributed by atoms with Crippen molar-refractivity contribution in [2.75, 3.05) is 17.7 Å². The van der Waals surface area contributed by atoms with Crippen LogP contribution in [-0.2, 0) is 14.9 Å². The number of amides is 1. The molecular formula is C25H26N4O3S2. The van der Waals surface area contributed by atoms with Gasteiger partial charge in [-0.15, -0.1) is 21.5 Å². The molecule has 0 saturated carbocycles. The highest BCUT2D eigenvalue weighted by Crippen LogP contribution is 2.37. The van der Waals surface area contributed by atoms with Gasteiger partial charge in [-0.2, -0.15) is 0 Å². The number of nitrogens with one attached hydrogen (secondary N) is 1. The molecule has 0 aliphatic carbocycles. The Morgan fingerprint density at radius 2 is 1.88 bits per heavy atom. The van der Waals surface area contributed by atoms with Crippen LogP contribution in [0.4, 0.5) is 5.00 Å². The van der Waals surface area contributed by atoms with Crippen LogP contribution >= 0.6 is 23.1 Å². The van der Waals surface area contributed by atoms with E-state index in [-0.39, 0.29) is 23.7 Å². The summed E-state index contributed by atoms with van der Waals surface area (Å²) in [5, 5.41) is 14.1. The minimum Gasteiger partial charge on any atom is -0.462 e. The number of hydrogen-bond donors (Lipinski definition) is 1. The molecule has 0 radical (unpaired) electrons. The number of anilines is 1. The van der Waals surface area contributed by atoms with Crippen molar-refractivity contribution in [3.05, 3.63) is 65.2 Å². The van der Waals surface area contributed by atoms with E-state index in [4.69, 9.17) is 4.74 Å². The van der Waals surface area contributed by atoms with Crippen LogP contribution in [0, 0.1) is 0 Å². The number of pyridine rings is 1. The van der Waals surface area contributed by atoms with Gasteiger partial charge in [0.15, 0.2) is 10.8 Å². The number of carbonyl (C=O) groups excluding carboxylic acids is 2. The van der Waals surface area contributed by atoms with Crippen LogP contribution in [-0.4, -0.2) is 38.8 Å². The van der Waals surface area contributed by atoms with E-state index in [0.717, 1.165) is 16.8 Å². The van der Waals surface area contributed by atoms with Crippen molar-refractivity contribution in [1.29, 1.82) is 0 Å². The molecule has 3 aromatic heterocycles. The van der Waals surface area contributed by atoms with Gasteiger partial charge in [0.05, 0.1) is 12.4 Å². The Hall–Kier alpha value is -3.17. The van der Waals surface area contributed by atoms with Gasteiger partial charge in [-0.05, 0) is 35.6 Å². The summed E-state index contributed by atoms with van der Waals surface area (Å²) < 4.78 is 7.13. The number of ether oxygens (including phenoxy) is 1. The molecule has 4 aromatic rings. The highest BCUT2D eigenvalue weighted by atomic mass is 32.2. The van der Waals surface area contributed by atoms with Gasteiger partial charge >= 0.3 is 5.97 Å². The van der Waals surface area contributed by atoms with Gasteiger partial charge in [0.25, 0.3) is 0 Å². The minimum absolute atomic E-state index is 0.0314. The summed E-state index contributed by atoms with van der Waals surface area (Å²) >= 11 is 2.60. The molecule has 0 aliphatic heterocycles. The quantitative estimate of drug-likeness (QED) is 0.263. The number of thiophene rings is 1. The first-order valence-corrected chi connectivity index (χ1v) is 12.8. The zero-order valence-corrected chi connectivity index (χ0v) is 21.1. The van der Waals surface area contributed by atoms with Crippen molar-refractivity contribution >= 4 is 45.6 Å². The van der Waals surface area contributed by atoms with Gasteiger partial charge in [-0.25, -0.2) is 4.79 Å². The summed E-state index contributed by atoms with van der Waals surface area (Å²) in [5.41, 5.74) is 3.98. The third-order valence-corrected chi connectivity index (χ3v) is 7.04. The number of thioether (sulfide) groups is 1. The molecule has 0 atom stereocenters. The van der Waals surface area contributed by atoms with Crippen LogP contribution in [0.25, 0.3) is 16.8 Å². The fourth-order valence-corrected chi connectivity index (χ4v) is 5.13. The van der Waals surface area contributed by atoms with E-state index in [1.165, 1.54) is 28.7 Å². The maximum atomic E-state index is 12.8. The van der Waals surface area contributed by atoms with E-state index in [1.54, 1.807) is 6.92 Å². The van der Waals surface area contributed by atoms with Crippen LogP contribution in [0.1, 0.15) is 43.6 Å². The van der Waals surface area contributed by atoms with Crippen LogP contribution in [0.5, 0.6) is 0 Å². The molecule has 7 nitrogen and oxygen atoms in total. The van der Waals surface area contributed by atoms with Crippen molar-refractivity contribution in [3.8, 4) is 11.1 Å². The zero-order valence-electron chi connectivity index (χ0n) is 19.5. The minimum atomic E-state index is -0.454. The van der Waals surface area contributed by atoms with Gasteiger partial charge in [0.1, 0.15) is 10.6 Å². The summed E-state index contributed by atoms with van der Waals surface area (Å²) in [5.74, 6) is -0.560. The van der Waals surface area contributed by atoms with Gasteiger partial charge in [-0.1, -0.05) is 62.9 Å². The predicted molar refractivity (Wildman–Crippen MR) is 137 cm³/mol. The second-order valence-electron chi connectivity index (χ2n) is 8.65. The zero-order chi connectivity index (χ0) is 24.3.